The van der Waals surface area contributed by atoms with Crippen molar-refractivity contribution in [2.75, 3.05) is 12.3 Å². The number of imidazole rings is 1. The highest BCUT2D eigenvalue weighted by atomic mass is 16.5. The maximum Gasteiger partial charge on any atom is 0.200 e. The zero-order valence-corrected chi connectivity index (χ0v) is 8.45. The van der Waals surface area contributed by atoms with Gasteiger partial charge in [0, 0.05) is 19.0 Å². The van der Waals surface area contributed by atoms with Crippen LogP contribution in [0.1, 0.15) is 20.8 Å². The van der Waals surface area contributed by atoms with Crippen LogP contribution in [0.2, 0.25) is 0 Å². The molecule has 0 spiro atoms. The summed E-state index contributed by atoms with van der Waals surface area (Å²) in [6, 6.07) is 0. The van der Waals surface area contributed by atoms with Gasteiger partial charge in [-0.3, -0.25) is 0 Å². The van der Waals surface area contributed by atoms with E-state index in [2.05, 4.69) is 4.98 Å². The molecule has 4 heteroatoms. The molecule has 0 fully saturated rings. The van der Waals surface area contributed by atoms with Crippen LogP contribution < -0.4 is 5.73 Å². The van der Waals surface area contributed by atoms with E-state index in [9.17, 15) is 0 Å². The first-order valence-corrected chi connectivity index (χ1v) is 4.46. The molecular weight excluding hydrogens is 166 g/mol. The van der Waals surface area contributed by atoms with Crippen molar-refractivity contribution in [3.63, 3.8) is 0 Å². The third-order valence-corrected chi connectivity index (χ3v) is 1.83. The molecule has 13 heavy (non-hydrogen) atoms. The number of hydrogen-bond acceptors (Lipinski definition) is 3. The zero-order valence-electron chi connectivity index (χ0n) is 8.45. The van der Waals surface area contributed by atoms with Crippen LogP contribution in [0, 0.1) is 0 Å². The van der Waals surface area contributed by atoms with E-state index in [0.29, 0.717) is 12.6 Å². The SMILES string of the molecule is CCOC(C)(C)Cn1ccnc1N. The van der Waals surface area contributed by atoms with E-state index in [1.165, 1.54) is 0 Å². The maximum absolute atomic E-state index is 5.64. The molecule has 0 bridgehead atoms. The van der Waals surface area contributed by atoms with E-state index in [1.54, 1.807) is 6.20 Å². The highest BCUT2D eigenvalue weighted by molar-refractivity contribution is 5.16. The van der Waals surface area contributed by atoms with Gasteiger partial charge in [0.2, 0.25) is 0 Å². The summed E-state index contributed by atoms with van der Waals surface area (Å²) < 4.78 is 7.44. The molecule has 0 aliphatic carbocycles. The molecule has 74 valence electrons. The number of rotatable bonds is 4. The van der Waals surface area contributed by atoms with Crippen LogP contribution in [-0.4, -0.2) is 21.8 Å². The van der Waals surface area contributed by atoms with Crippen molar-refractivity contribution in [2.24, 2.45) is 0 Å². The first-order valence-electron chi connectivity index (χ1n) is 4.46. The van der Waals surface area contributed by atoms with Gasteiger partial charge in [-0.2, -0.15) is 0 Å². The average Bonchev–Trinajstić information content (AvgIpc) is 2.35. The summed E-state index contributed by atoms with van der Waals surface area (Å²) >= 11 is 0. The second-order valence-electron chi connectivity index (χ2n) is 3.61. The first kappa shape index (κ1) is 10.1. The Bertz CT molecular complexity index is 268. The van der Waals surface area contributed by atoms with Crippen LogP contribution in [0.5, 0.6) is 0 Å². The lowest BCUT2D eigenvalue weighted by atomic mass is 10.1. The third-order valence-electron chi connectivity index (χ3n) is 1.83. The molecule has 0 saturated carbocycles. The number of hydrogen-bond donors (Lipinski definition) is 1. The fourth-order valence-corrected chi connectivity index (χ4v) is 1.32. The predicted octanol–water partition coefficient (Wildman–Crippen LogP) is 1.28. The lowest BCUT2D eigenvalue weighted by Crippen LogP contribution is -2.30. The van der Waals surface area contributed by atoms with E-state index in [0.717, 1.165) is 6.54 Å². The van der Waals surface area contributed by atoms with Gasteiger partial charge < -0.3 is 15.0 Å². The fraction of sp³-hybridized carbons (Fsp3) is 0.667. The first-order chi connectivity index (χ1) is 6.05. The molecule has 1 rings (SSSR count). The van der Waals surface area contributed by atoms with Gasteiger partial charge in [-0.15, -0.1) is 0 Å². The number of nitrogen functional groups attached to an aromatic ring is 1. The standard InChI is InChI=1S/C9H17N3O/c1-4-13-9(2,3)7-12-6-5-11-8(12)10/h5-6H,4,7H2,1-3H3,(H2,10,11). The molecule has 0 aromatic carbocycles. The topological polar surface area (TPSA) is 53.1 Å². The van der Waals surface area contributed by atoms with Gasteiger partial charge in [-0.05, 0) is 20.8 Å². The van der Waals surface area contributed by atoms with Crippen molar-refractivity contribution in [1.82, 2.24) is 9.55 Å². The van der Waals surface area contributed by atoms with Crippen molar-refractivity contribution < 1.29 is 4.74 Å². The van der Waals surface area contributed by atoms with Gasteiger partial charge in [0.25, 0.3) is 0 Å². The van der Waals surface area contributed by atoms with E-state index in [1.807, 2.05) is 31.5 Å². The Kier molecular flexibility index (Phi) is 2.93. The molecule has 0 aliphatic rings. The molecule has 0 unspecified atom stereocenters. The average molecular weight is 183 g/mol. The molecule has 0 saturated heterocycles. The van der Waals surface area contributed by atoms with Gasteiger partial charge in [-0.25, -0.2) is 4.98 Å². The van der Waals surface area contributed by atoms with Crippen molar-refractivity contribution >= 4 is 5.95 Å². The Labute approximate surface area is 78.7 Å². The van der Waals surface area contributed by atoms with Gasteiger partial charge in [-0.1, -0.05) is 0 Å². The summed E-state index contributed by atoms with van der Waals surface area (Å²) in [5, 5.41) is 0. The van der Waals surface area contributed by atoms with Crippen molar-refractivity contribution in [3.05, 3.63) is 12.4 Å². The molecule has 1 heterocycles. The minimum atomic E-state index is -0.191. The maximum atomic E-state index is 5.64. The summed E-state index contributed by atoms with van der Waals surface area (Å²) in [6.45, 7) is 7.50. The van der Waals surface area contributed by atoms with Crippen molar-refractivity contribution in [3.8, 4) is 0 Å². The van der Waals surface area contributed by atoms with Crippen LogP contribution in [-0.2, 0) is 11.3 Å². The van der Waals surface area contributed by atoms with E-state index >= 15 is 0 Å². The summed E-state index contributed by atoms with van der Waals surface area (Å²) in [6.07, 6.45) is 3.55. The Morgan fingerprint density at radius 2 is 2.31 bits per heavy atom. The number of nitrogens with two attached hydrogens (primary N) is 1. The molecule has 2 N–H and O–H groups in total. The van der Waals surface area contributed by atoms with Crippen molar-refractivity contribution in [2.45, 2.75) is 32.9 Å². The normalized spacial score (nSPS) is 11.9. The monoisotopic (exact) mass is 183 g/mol. The molecule has 0 aliphatic heterocycles. The predicted molar refractivity (Wildman–Crippen MR) is 52.3 cm³/mol. The molecule has 0 radical (unpaired) electrons. The number of ether oxygens (including phenoxy) is 1. The van der Waals surface area contributed by atoms with Crippen LogP contribution in [0.4, 0.5) is 5.95 Å². The summed E-state index contributed by atoms with van der Waals surface area (Å²) in [4.78, 5) is 3.95. The Hall–Kier alpha value is -1.03. The highest BCUT2D eigenvalue weighted by Gasteiger charge is 2.18. The fourth-order valence-electron chi connectivity index (χ4n) is 1.32. The summed E-state index contributed by atoms with van der Waals surface area (Å²) in [7, 11) is 0. The minimum Gasteiger partial charge on any atom is -0.374 e. The van der Waals surface area contributed by atoms with Crippen molar-refractivity contribution in [1.29, 1.82) is 0 Å². The van der Waals surface area contributed by atoms with E-state index in [4.69, 9.17) is 10.5 Å². The largest absolute Gasteiger partial charge is 0.374 e. The van der Waals surface area contributed by atoms with E-state index < -0.39 is 0 Å². The van der Waals surface area contributed by atoms with Crippen LogP contribution in [0.15, 0.2) is 12.4 Å². The molecule has 1 aromatic rings. The van der Waals surface area contributed by atoms with Gasteiger partial charge >= 0.3 is 0 Å². The minimum absolute atomic E-state index is 0.191. The number of aromatic nitrogens is 2. The number of nitrogens with zero attached hydrogens (tertiary/aromatic N) is 2. The molecule has 1 aromatic heterocycles. The summed E-state index contributed by atoms with van der Waals surface area (Å²) in [5.74, 6) is 0.535. The lowest BCUT2D eigenvalue weighted by Gasteiger charge is -2.25. The number of anilines is 1. The van der Waals surface area contributed by atoms with Crippen LogP contribution in [0.3, 0.4) is 0 Å². The van der Waals surface area contributed by atoms with Gasteiger partial charge in [0.15, 0.2) is 5.95 Å². The Morgan fingerprint density at radius 3 is 2.77 bits per heavy atom. The lowest BCUT2D eigenvalue weighted by molar-refractivity contribution is -0.0220. The van der Waals surface area contributed by atoms with Gasteiger partial charge in [0.1, 0.15) is 0 Å². The smallest absolute Gasteiger partial charge is 0.200 e. The summed E-state index contributed by atoms with van der Waals surface area (Å²) in [5.41, 5.74) is 5.45. The second-order valence-corrected chi connectivity index (χ2v) is 3.61. The molecule has 0 amide bonds. The quantitative estimate of drug-likeness (QED) is 0.765. The van der Waals surface area contributed by atoms with Crippen LogP contribution >= 0.6 is 0 Å². The second kappa shape index (κ2) is 3.79. The van der Waals surface area contributed by atoms with Gasteiger partial charge in [0.05, 0.1) is 12.1 Å². The third kappa shape index (κ3) is 2.73. The molecular formula is C9H17N3O. The van der Waals surface area contributed by atoms with E-state index in [-0.39, 0.29) is 5.60 Å². The van der Waals surface area contributed by atoms with Crippen LogP contribution in [0.25, 0.3) is 0 Å². The highest BCUT2D eigenvalue weighted by Crippen LogP contribution is 2.14. The molecule has 0 atom stereocenters. The Balaban J connectivity index is 2.63. The zero-order chi connectivity index (χ0) is 9.90. The molecule has 4 nitrogen and oxygen atoms in total. The Morgan fingerprint density at radius 1 is 1.62 bits per heavy atom.